The Kier molecular flexibility index (Phi) is 5.96. The second-order valence-electron chi connectivity index (χ2n) is 7.26. The number of aromatic nitrogens is 1. The van der Waals surface area contributed by atoms with Crippen molar-refractivity contribution in [2.75, 3.05) is 13.1 Å². The van der Waals surface area contributed by atoms with Crippen molar-refractivity contribution in [2.24, 2.45) is 5.92 Å². The molecule has 0 saturated carbocycles. The van der Waals surface area contributed by atoms with Gasteiger partial charge >= 0.3 is 6.09 Å². The molecule has 8 heteroatoms. The highest BCUT2D eigenvalue weighted by Gasteiger charge is 2.31. The number of carbonyl (C=O) groups excluding carboxylic acids is 1. The summed E-state index contributed by atoms with van der Waals surface area (Å²) in [5.74, 6) is -0.185. The van der Waals surface area contributed by atoms with Crippen LogP contribution in [0.3, 0.4) is 0 Å². The van der Waals surface area contributed by atoms with Crippen LogP contribution in [0.4, 0.5) is 9.18 Å². The molecule has 2 N–H and O–H groups in total. The Morgan fingerprint density at radius 1 is 1.29 bits per heavy atom. The number of ether oxygens (including phenoxy) is 1. The monoisotopic (exact) mass is 389 g/mol. The van der Waals surface area contributed by atoms with Crippen molar-refractivity contribution in [3.05, 3.63) is 36.3 Å². The quantitative estimate of drug-likeness (QED) is 0.820. The molecule has 150 valence electrons. The van der Waals surface area contributed by atoms with E-state index in [0.29, 0.717) is 42.6 Å². The van der Waals surface area contributed by atoms with Crippen LogP contribution < -0.4 is 10.1 Å². The van der Waals surface area contributed by atoms with Crippen LogP contribution in [0, 0.1) is 11.7 Å². The van der Waals surface area contributed by atoms with Gasteiger partial charge in [-0.15, -0.1) is 0 Å². The molecule has 1 aromatic carbocycles. The predicted octanol–water partition coefficient (Wildman–Crippen LogP) is 3.04. The van der Waals surface area contributed by atoms with E-state index < -0.39 is 12.1 Å². The SMILES string of the molecule is CC(C)[C@H](NC(=O)O)C(=O)N1CCC(Oc2ccc(F)c3cccnc23)CC1. The molecule has 0 bridgehead atoms. The number of likely N-dealkylation sites (tertiary alicyclic amines) is 1. The molecule has 2 aromatic rings. The number of nitrogens with zero attached hydrogens (tertiary/aromatic N) is 2. The number of carbonyl (C=O) groups is 2. The van der Waals surface area contributed by atoms with Crippen molar-refractivity contribution >= 4 is 22.9 Å². The number of piperidine rings is 1. The lowest BCUT2D eigenvalue weighted by Crippen LogP contribution is -2.53. The molecule has 0 spiro atoms. The first-order valence-electron chi connectivity index (χ1n) is 9.35. The summed E-state index contributed by atoms with van der Waals surface area (Å²) in [6, 6.07) is 5.51. The summed E-state index contributed by atoms with van der Waals surface area (Å²) in [7, 11) is 0. The van der Waals surface area contributed by atoms with Gasteiger partial charge in [0.15, 0.2) is 0 Å². The van der Waals surface area contributed by atoms with Gasteiger partial charge in [-0.1, -0.05) is 13.8 Å². The van der Waals surface area contributed by atoms with E-state index in [9.17, 15) is 14.0 Å². The minimum atomic E-state index is -1.21. The van der Waals surface area contributed by atoms with Crippen LogP contribution >= 0.6 is 0 Å². The first-order chi connectivity index (χ1) is 13.4. The molecule has 1 atom stereocenters. The zero-order chi connectivity index (χ0) is 20.3. The fourth-order valence-electron chi connectivity index (χ4n) is 3.42. The Balaban J connectivity index is 1.64. The zero-order valence-electron chi connectivity index (χ0n) is 15.9. The fraction of sp³-hybridized carbons (Fsp3) is 0.450. The van der Waals surface area contributed by atoms with E-state index in [4.69, 9.17) is 9.84 Å². The third kappa shape index (κ3) is 4.32. The minimum Gasteiger partial charge on any atom is -0.488 e. The van der Waals surface area contributed by atoms with Crippen LogP contribution in [-0.2, 0) is 4.79 Å². The van der Waals surface area contributed by atoms with E-state index in [1.807, 2.05) is 0 Å². The lowest BCUT2D eigenvalue weighted by molar-refractivity contribution is -0.136. The molecule has 2 heterocycles. The molecule has 0 aliphatic carbocycles. The highest BCUT2D eigenvalue weighted by Crippen LogP contribution is 2.28. The summed E-state index contributed by atoms with van der Waals surface area (Å²) in [5, 5.41) is 11.7. The number of hydrogen-bond acceptors (Lipinski definition) is 4. The third-order valence-electron chi connectivity index (χ3n) is 4.94. The van der Waals surface area contributed by atoms with Gasteiger partial charge < -0.3 is 20.1 Å². The first-order valence-corrected chi connectivity index (χ1v) is 9.35. The van der Waals surface area contributed by atoms with Gasteiger partial charge in [0.05, 0.1) is 0 Å². The van der Waals surface area contributed by atoms with Crippen LogP contribution in [0.1, 0.15) is 26.7 Å². The standard InChI is InChI=1S/C20H24FN3O4/c1-12(2)17(23-20(26)27)19(25)24-10-7-13(8-11-24)28-16-6-5-15(21)14-4-3-9-22-18(14)16/h3-6,9,12-13,17,23H,7-8,10-11H2,1-2H3,(H,26,27)/t17-/m0/s1. The summed E-state index contributed by atoms with van der Waals surface area (Å²) in [6.07, 6.45) is 1.48. The molecule has 1 aliphatic rings. The summed E-state index contributed by atoms with van der Waals surface area (Å²) in [5.41, 5.74) is 0.478. The third-order valence-corrected chi connectivity index (χ3v) is 4.94. The van der Waals surface area contributed by atoms with Gasteiger partial charge in [-0.25, -0.2) is 9.18 Å². The number of hydrogen-bond donors (Lipinski definition) is 2. The van der Waals surface area contributed by atoms with Gasteiger partial charge in [-0.3, -0.25) is 9.78 Å². The number of pyridine rings is 1. The van der Waals surface area contributed by atoms with E-state index >= 15 is 0 Å². The van der Waals surface area contributed by atoms with E-state index in [1.165, 1.54) is 6.07 Å². The summed E-state index contributed by atoms with van der Waals surface area (Å²) in [6.45, 7) is 4.56. The molecule has 1 fully saturated rings. The maximum Gasteiger partial charge on any atom is 0.405 e. The van der Waals surface area contributed by atoms with Crippen molar-refractivity contribution in [3.63, 3.8) is 0 Å². The molecule has 28 heavy (non-hydrogen) atoms. The lowest BCUT2D eigenvalue weighted by Gasteiger charge is -2.35. The molecule has 2 amide bonds. The van der Waals surface area contributed by atoms with Gasteiger partial charge in [-0.2, -0.15) is 0 Å². The second-order valence-corrected chi connectivity index (χ2v) is 7.26. The van der Waals surface area contributed by atoms with Gasteiger partial charge in [-0.05, 0) is 30.2 Å². The van der Waals surface area contributed by atoms with Crippen molar-refractivity contribution in [3.8, 4) is 5.75 Å². The van der Waals surface area contributed by atoms with Crippen LogP contribution in [0.5, 0.6) is 5.75 Å². The van der Waals surface area contributed by atoms with E-state index in [0.717, 1.165) is 0 Å². The van der Waals surface area contributed by atoms with Gasteiger partial charge in [0, 0.05) is 37.5 Å². The fourth-order valence-corrected chi connectivity index (χ4v) is 3.42. The largest absolute Gasteiger partial charge is 0.488 e. The summed E-state index contributed by atoms with van der Waals surface area (Å²) >= 11 is 0. The topological polar surface area (TPSA) is 91.8 Å². The Labute approximate surface area is 162 Å². The average molecular weight is 389 g/mol. The molecule has 0 unspecified atom stereocenters. The van der Waals surface area contributed by atoms with E-state index in [1.54, 1.807) is 43.1 Å². The molecular formula is C20H24FN3O4. The minimum absolute atomic E-state index is 0.121. The van der Waals surface area contributed by atoms with Gasteiger partial charge in [0.2, 0.25) is 5.91 Å². The van der Waals surface area contributed by atoms with E-state index in [2.05, 4.69) is 10.3 Å². The summed E-state index contributed by atoms with van der Waals surface area (Å²) in [4.78, 5) is 29.5. The maximum absolute atomic E-state index is 13.9. The first kappa shape index (κ1) is 19.9. The average Bonchev–Trinajstić information content (AvgIpc) is 2.68. The molecule has 3 rings (SSSR count). The number of halogens is 1. The van der Waals surface area contributed by atoms with Crippen molar-refractivity contribution in [2.45, 2.75) is 38.8 Å². The second kappa shape index (κ2) is 8.41. The van der Waals surface area contributed by atoms with Crippen molar-refractivity contribution in [1.82, 2.24) is 15.2 Å². The number of benzene rings is 1. The highest BCUT2D eigenvalue weighted by atomic mass is 19.1. The number of fused-ring (bicyclic) bond motifs is 1. The van der Waals surface area contributed by atoms with Crippen molar-refractivity contribution < 1.29 is 23.8 Å². The van der Waals surface area contributed by atoms with Gasteiger partial charge in [0.1, 0.15) is 29.2 Å². The number of nitrogens with one attached hydrogen (secondary N) is 1. The van der Waals surface area contributed by atoms with Crippen molar-refractivity contribution in [1.29, 1.82) is 0 Å². The molecule has 0 radical (unpaired) electrons. The maximum atomic E-state index is 13.9. The molecule has 1 saturated heterocycles. The number of carboxylic acid groups (broad SMARTS) is 1. The zero-order valence-corrected chi connectivity index (χ0v) is 15.9. The van der Waals surface area contributed by atoms with Crippen LogP contribution in [0.2, 0.25) is 0 Å². The van der Waals surface area contributed by atoms with Crippen LogP contribution in [0.25, 0.3) is 10.9 Å². The predicted molar refractivity (Wildman–Crippen MR) is 102 cm³/mol. The molecule has 1 aliphatic heterocycles. The smallest absolute Gasteiger partial charge is 0.405 e. The Bertz CT molecular complexity index is 866. The normalized spacial score (nSPS) is 16.2. The molecule has 1 aromatic heterocycles. The highest BCUT2D eigenvalue weighted by molar-refractivity contribution is 5.86. The lowest BCUT2D eigenvalue weighted by atomic mass is 10.0. The Morgan fingerprint density at radius 2 is 2.00 bits per heavy atom. The Morgan fingerprint density at radius 3 is 2.64 bits per heavy atom. The van der Waals surface area contributed by atoms with Crippen LogP contribution in [-0.4, -0.2) is 52.2 Å². The number of amides is 2. The van der Waals surface area contributed by atoms with Crippen LogP contribution in [0.15, 0.2) is 30.5 Å². The van der Waals surface area contributed by atoms with E-state index in [-0.39, 0.29) is 23.7 Å². The van der Waals surface area contributed by atoms with Gasteiger partial charge in [0.25, 0.3) is 0 Å². The number of rotatable bonds is 5. The molecular weight excluding hydrogens is 365 g/mol. The Hall–Kier alpha value is -2.90. The molecule has 7 nitrogen and oxygen atoms in total. The summed E-state index contributed by atoms with van der Waals surface area (Å²) < 4.78 is 20.0.